The molecular weight excluding hydrogens is 209 g/mol. The molecule has 0 bridgehead atoms. The first-order chi connectivity index (χ1) is 6.16. The number of aryl methyl sites for hydroxylation is 2. The fraction of sp³-hybridized carbons (Fsp3) is 0.625. The molecule has 0 saturated carbocycles. The van der Waals surface area contributed by atoms with Crippen molar-refractivity contribution in [1.29, 1.82) is 0 Å². The summed E-state index contributed by atoms with van der Waals surface area (Å²) in [5.74, 6) is -0.317. The molecule has 0 saturated heterocycles. The Labute approximate surface area is 88.5 Å². The van der Waals surface area contributed by atoms with E-state index in [-0.39, 0.29) is 25.0 Å². The van der Waals surface area contributed by atoms with Crippen LogP contribution in [0.3, 0.4) is 0 Å². The van der Waals surface area contributed by atoms with E-state index in [2.05, 4.69) is 10.4 Å². The Kier molecular flexibility index (Phi) is 5.68. The molecule has 0 aliphatic rings. The second-order valence-corrected chi connectivity index (χ2v) is 2.88. The highest BCUT2D eigenvalue weighted by Crippen LogP contribution is 2.09. The number of aromatic nitrogens is 2. The smallest absolute Gasteiger partial charge is 0.215 e. The number of nitrogens with one attached hydrogen (secondary N) is 1. The summed E-state index contributed by atoms with van der Waals surface area (Å²) in [5.41, 5.74) is 1.25. The first-order valence-electron chi connectivity index (χ1n) is 4.16. The molecule has 0 spiro atoms. The molecule has 2 N–H and O–H groups in total. The van der Waals surface area contributed by atoms with Gasteiger partial charge in [-0.2, -0.15) is 9.49 Å². The van der Waals surface area contributed by atoms with Crippen molar-refractivity contribution in [3.8, 4) is 0 Å². The third kappa shape index (κ3) is 2.94. The second-order valence-electron chi connectivity index (χ2n) is 2.88. The van der Waals surface area contributed by atoms with Gasteiger partial charge in [0.05, 0.1) is 12.3 Å². The second kappa shape index (κ2) is 5.95. The van der Waals surface area contributed by atoms with Gasteiger partial charge in [-0.05, 0) is 6.92 Å². The molecule has 0 amide bonds. The van der Waals surface area contributed by atoms with Gasteiger partial charge in [0.2, 0.25) is 5.95 Å². The van der Waals surface area contributed by atoms with Crippen LogP contribution in [0, 0.1) is 12.9 Å². The van der Waals surface area contributed by atoms with Gasteiger partial charge in [0.15, 0.2) is 0 Å². The van der Waals surface area contributed by atoms with Crippen LogP contribution in [0.2, 0.25) is 0 Å². The topological polar surface area (TPSA) is 50.1 Å². The van der Waals surface area contributed by atoms with Crippen molar-refractivity contribution in [3.63, 3.8) is 0 Å². The van der Waals surface area contributed by atoms with Crippen molar-refractivity contribution >= 4 is 12.4 Å². The monoisotopic (exact) mass is 223 g/mol. The Balaban J connectivity index is 0.00000169. The first-order valence-corrected chi connectivity index (χ1v) is 4.16. The number of halogens is 2. The Morgan fingerprint density at radius 1 is 1.57 bits per heavy atom. The summed E-state index contributed by atoms with van der Waals surface area (Å²) in [6, 6.07) is 0. The number of aliphatic hydroxyl groups excluding tert-OH is 1. The molecule has 0 atom stereocenters. The van der Waals surface area contributed by atoms with Crippen molar-refractivity contribution < 1.29 is 9.50 Å². The van der Waals surface area contributed by atoms with E-state index in [4.69, 9.17) is 5.11 Å². The van der Waals surface area contributed by atoms with Gasteiger partial charge in [-0.15, -0.1) is 12.4 Å². The molecule has 14 heavy (non-hydrogen) atoms. The van der Waals surface area contributed by atoms with E-state index in [0.29, 0.717) is 24.3 Å². The summed E-state index contributed by atoms with van der Waals surface area (Å²) in [6.07, 6.45) is 0. The minimum Gasteiger partial charge on any atom is -0.395 e. The zero-order valence-corrected chi connectivity index (χ0v) is 9.07. The molecule has 1 aromatic heterocycles. The molecule has 0 fully saturated rings. The van der Waals surface area contributed by atoms with E-state index in [1.54, 1.807) is 14.0 Å². The number of hydrogen-bond donors (Lipinski definition) is 2. The van der Waals surface area contributed by atoms with E-state index in [1.165, 1.54) is 4.68 Å². The predicted octanol–water partition coefficient (Wildman–Crippen LogP) is 0.371. The van der Waals surface area contributed by atoms with Crippen LogP contribution in [0.15, 0.2) is 0 Å². The average Bonchev–Trinajstić information content (AvgIpc) is 2.32. The number of nitrogens with zero attached hydrogens (tertiary/aromatic N) is 2. The molecule has 0 aliphatic heterocycles. The first kappa shape index (κ1) is 13.4. The molecule has 6 heteroatoms. The summed E-state index contributed by atoms with van der Waals surface area (Å²) >= 11 is 0. The summed E-state index contributed by atoms with van der Waals surface area (Å²) in [5, 5.41) is 15.3. The van der Waals surface area contributed by atoms with Gasteiger partial charge in [-0.25, -0.2) is 4.68 Å². The van der Waals surface area contributed by atoms with Crippen molar-refractivity contribution in [2.75, 3.05) is 13.2 Å². The SMILES string of the molecule is Cc1nn(C)c(F)c1CNCCO.Cl. The van der Waals surface area contributed by atoms with Crippen LogP contribution in [-0.2, 0) is 13.6 Å². The van der Waals surface area contributed by atoms with Crippen molar-refractivity contribution in [2.24, 2.45) is 7.05 Å². The summed E-state index contributed by atoms with van der Waals surface area (Å²) < 4.78 is 14.5. The van der Waals surface area contributed by atoms with Crippen LogP contribution in [0.5, 0.6) is 0 Å². The lowest BCUT2D eigenvalue weighted by atomic mass is 10.2. The Morgan fingerprint density at radius 2 is 2.21 bits per heavy atom. The Morgan fingerprint density at radius 3 is 2.64 bits per heavy atom. The lowest BCUT2D eigenvalue weighted by molar-refractivity contribution is 0.291. The van der Waals surface area contributed by atoms with Crippen LogP contribution in [0.1, 0.15) is 11.3 Å². The minimum absolute atomic E-state index is 0. The Hall–Kier alpha value is -0.650. The summed E-state index contributed by atoms with van der Waals surface area (Å²) in [6.45, 7) is 2.69. The lowest BCUT2D eigenvalue weighted by Crippen LogP contribution is -2.18. The van der Waals surface area contributed by atoms with Crippen molar-refractivity contribution in [2.45, 2.75) is 13.5 Å². The number of rotatable bonds is 4. The van der Waals surface area contributed by atoms with Gasteiger partial charge in [0.1, 0.15) is 0 Å². The maximum atomic E-state index is 13.2. The van der Waals surface area contributed by atoms with Crippen LogP contribution < -0.4 is 5.32 Å². The molecular formula is C8H15ClFN3O. The van der Waals surface area contributed by atoms with E-state index >= 15 is 0 Å². The molecule has 1 aromatic rings. The molecule has 0 aromatic carbocycles. The highest BCUT2D eigenvalue weighted by molar-refractivity contribution is 5.85. The third-order valence-corrected chi connectivity index (χ3v) is 1.86. The van der Waals surface area contributed by atoms with Crippen LogP contribution in [0.4, 0.5) is 4.39 Å². The minimum atomic E-state index is -0.317. The van der Waals surface area contributed by atoms with Crippen LogP contribution in [0.25, 0.3) is 0 Å². The largest absolute Gasteiger partial charge is 0.395 e. The molecule has 0 aliphatic carbocycles. The molecule has 4 nitrogen and oxygen atoms in total. The fourth-order valence-electron chi connectivity index (χ4n) is 1.17. The predicted molar refractivity (Wildman–Crippen MR) is 53.9 cm³/mol. The number of aliphatic hydroxyl groups is 1. The van der Waals surface area contributed by atoms with Gasteiger partial charge in [-0.1, -0.05) is 0 Å². The third-order valence-electron chi connectivity index (χ3n) is 1.86. The fourth-order valence-corrected chi connectivity index (χ4v) is 1.17. The average molecular weight is 224 g/mol. The van der Waals surface area contributed by atoms with Crippen LogP contribution >= 0.6 is 12.4 Å². The zero-order chi connectivity index (χ0) is 9.84. The van der Waals surface area contributed by atoms with Gasteiger partial charge in [0.25, 0.3) is 0 Å². The quantitative estimate of drug-likeness (QED) is 0.726. The highest BCUT2D eigenvalue weighted by Gasteiger charge is 2.11. The molecule has 0 unspecified atom stereocenters. The molecule has 1 rings (SSSR count). The van der Waals surface area contributed by atoms with Crippen LogP contribution in [-0.4, -0.2) is 28.0 Å². The highest BCUT2D eigenvalue weighted by atomic mass is 35.5. The molecule has 1 heterocycles. The van der Waals surface area contributed by atoms with Gasteiger partial charge < -0.3 is 10.4 Å². The standard InChI is InChI=1S/C8H14FN3O.ClH/c1-6-7(5-10-3-4-13)8(9)12(2)11-6;/h10,13H,3-5H2,1-2H3;1H. The maximum absolute atomic E-state index is 13.2. The normalized spacial score (nSPS) is 10.0. The Bertz CT molecular complexity index is 290. The van der Waals surface area contributed by atoms with E-state index in [0.717, 1.165) is 0 Å². The summed E-state index contributed by atoms with van der Waals surface area (Å²) in [4.78, 5) is 0. The van der Waals surface area contributed by atoms with Crippen molar-refractivity contribution in [1.82, 2.24) is 15.1 Å². The zero-order valence-electron chi connectivity index (χ0n) is 8.25. The van der Waals surface area contributed by atoms with E-state index < -0.39 is 0 Å². The molecule has 0 radical (unpaired) electrons. The molecule has 82 valence electrons. The lowest BCUT2D eigenvalue weighted by Gasteiger charge is -2.00. The van der Waals surface area contributed by atoms with E-state index in [1.807, 2.05) is 0 Å². The van der Waals surface area contributed by atoms with Gasteiger partial charge >= 0.3 is 0 Å². The number of hydrogen-bond acceptors (Lipinski definition) is 3. The maximum Gasteiger partial charge on any atom is 0.215 e. The van der Waals surface area contributed by atoms with Crippen molar-refractivity contribution in [3.05, 3.63) is 17.2 Å². The van der Waals surface area contributed by atoms with Gasteiger partial charge in [-0.3, -0.25) is 0 Å². The van der Waals surface area contributed by atoms with E-state index in [9.17, 15) is 4.39 Å². The summed E-state index contributed by atoms with van der Waals surface area (Å²) in [7, 11) is 1.57. The van der Waals surface area contributed by atoms with Gasteiger partial charge in [0, 0.05) is 25.7 Å².